The predicted molar refractivity (Wildman–Crippen MR) is 37.4 cm³/mol. The van der Waals surface area contributed by atoms with E-state index in [1.165, 1.54) is 0 Å². The number of hydrogen-bond donors (Lipinski definition) is 0. The zero-order chi connectivity index (χ0) is 7.73. The Morgan fingerprint density at radius 1 is 1.64 bits per heavy atom. The van der Waals surface area contributed by atoms with E-state index >= 15 is 0 Å². The highest BCUT2D eigenvalue weighted by molar-refractivity contribution is 5.28. The topological polar surface area (TPSA) is 49.6 Å². The molecule has 53 valence electrons. The standard InChI is InChI=1S/C8H6N3/c9-6-8(2-3-8)7-10-4-1-5-11-7/h1,4H,2-3H2. The lowest BCUT2D eigenvalue weighted by atomic mass is 10.1. The molecule has 1 radical (unpaired) electrons. The molecule has 0 N–H and O–H groups in total. The van der Waals surface area contributed by atoms with Gasteiger partial charge in [0.1, 0.15) is 11.2 Å². The van der Waals surface area contributed by atoms with Gasteiger partial charge in [0.25, 0.3) is 0 Å². The van der Waals surface area contributed by atoms with Gasteiger partial charge >= 0.3 is 0 Å². The third kappa shape index (κ3) is 0.874. The molecular weight excluding hydrogens is 138 g/mol. The van der Waals surface area contributed by atoms with Crippen molar-refractivity contribution in [3.63, 3.8) is 0 Å². The Balaban J connectivity index is 2.39. The smallest absolute Gasteiger partial charge is 0.149 e. The number of hydrogen-bond acceptors (Lipinski definition) is 3. The van der Waals surface area contributed by atoms with E-state index in [0.717, 1.165) is 12.8 Å². The summed E-state index contributed by atoms with van der Waals surface area (Å²) in [7, 11) is 0. The summed E-state index contributed by atoms with van der Waals surface area (Å²) >= 11 is 0. The summed E-state index contributed by atoms with van der Waals surface area (Å²) in [6, 6.07) is 3.86. The minimum absolute atomic E-state index is 0.363. The molecule has 3 nitrogen and oxygen atoms in total. The highest BCUT2D eigenvalue weighted by atomic mass is 14.9. The fraction of sp³-hybridized carbons (Fsp3) is 0.375. The Bertz CT molecular complexity index is 295. The molecule has 0 amide bonds. The highest BCUT2D eigenvalue weighted by Gasteiger charge is 2.47. The zero-order valence-corrected chi connectivity index (χ0v) is 5.91. The second-order valence-corrected chi connectivity index (χ2v) is 2.70. The largest absolute Gasteiger partial charge is 0.240 e. The van der Waals surface area contributed by atoms with Gasteiger partial charge in [0.05, 0.1) is 12.3 Å². The molecular formula is C8H6N3. The summed E-state index contributed by atoms with van der Waals surface area (Å²) < 4.78 is 0. The average molecular weight is 144 g/mol. The maximum absolute atomic E-state index is 8.77. The van der Waals surface area contributed by atoms with Crippen molar-refractivity contribution in [1.82, 2.24) is 9.97 Å². The quantitative estimate of drug-likeness (QED) is 0.586. The van der Waals surface area contributed by atoms with Gasteiger partial charge in [-0.15, -0.1) is 0 Å². The van der Waals surface area contributed by atoms with Gasteiger partial charge in [-0.2, -0.15) is 5.26 Å². The van der Waals surface area contributed by atoms with Crippen LogP contribution in [0.3, 0.4) is 0 Å². The molecule has 0 saturated heterocycles. The van der Waals surface area contributed by atoms with Crippen molar-refractivity contribution in [2.75, 3.05) is 0 Å². The molecule has 0 bridgehead atoms. The van der Waals surface area contributed by atoms with E-state index in [9.17, 15) is 0 Å². The molecule has 1 fully saturated rings. The maximum Gasteiger partial charge on any atom is 0.149 e. The van der Waals surface area contributed by atoms with Crippen molar-refractivity contribution in [3.8, 4) is 6.07 Å². The lowest BCUT2D eigenvalue weighted by Gasteiger charge is -1.99. The predicted octanol–water partition coefficient (Wildman–Crippen LogP) is 0.832. The maximum atomic E-state index is 8.77. The van der Waals surface area contributed by atoms with Crippen molar-refractivity contribution >= 4 is 0 Å². The van der Waals surface area contributed by atoms with E-state index in [0.29, 0.717) is 5.82 Å². The van der Waals surface area contributed by atoms with Crippen LogP contribution in [-0.4, -0.2) is 9.97 Å². The van der Waals surface area contributed by atoms with Crippen LogP contribution in [-0.2, 0) is 5.41 Å². The van der Waals surface area contributed by atoms with E-state index in [-0.39, 0.29) is 5.41 Å². The van der Waals surface area contributed by atoms with Crippen LogP contribution in [0.15, 0.2) is 12.3 Å². The monoisotopic (exact) mass is 144 g/mol. The Hall–Kier alpha value is -1.43. The van der Waals surface area contributed by atoms with Crippen molar-refractivity contribution in [1.29, 1.82) is 5.26 Å². The van der Waals surface area contributed by atoms with Crippen LogP contribution < -0.4 is 0 Å². The summed E-state index contributed by atoms with van der Waals surface area (Å²) in [5.41, 5.74) is -0.363. The first kappa shape index (κ1) is 6.29. The van der Waals surface area contributed by atoms with Crippen LogP contribution in [0.2, 0.25) is 0 Å². The molecule has 0 unspecified atom stereocenters. The van der Waals surface area contributed by atoms with Gasteiger partial charge in [-0.05, 0) is 18.9 Å². The molecule has 2 rings (SSSR count). The number of aromatic nitrogens is 2. The molecule has 11 heavy (non-hydrogen) atoms. The van der Waals surface area contributed by atoms with E-state index in [1.54, 1.807) is 12.3 Å². The van der Waals surface area contributed by atoms with Crippen LogP contribution in [0.5, 0.6) is 0 Å². The first-order valence-electron chi connectivity index (χ1n) is 3.48. The van der Waals surface area contributed by atoms with Gasteiger partial charge in [-0.1, -0.05) is 0 Å². The average Bonchev–Trinajstić information content (AvgIpc) is 2.86. The summed E-state index contributed by atoms with van der Waals surface area (Å²) in [5, 5.41) is 8.77. The minimum Gasteiger partial charge on any atom is -0.240 e. The molecule has 1 aromatic heterocycles. The summed E-state index contributed by atoms with van der Waals surface area (Å²) in [6.45, 7) is 0. The number of rotatable bonds is 1. The van der Waals surface area contributed by atoms with Gasteiger partial charge in [0.2, 0.25) is 0 Å². The lowest BCUT2D eigenvalue weighted by molar-refractivity contribution is 0.794. The van der Waals surface area contributed by atoms with Gasteiger partial charge in [0.15, 0.2) is 0 Å². The molecule has 1 aliphatic rings. The fourth-order valence-electron chi connectivity index (χ4n) is 1.01. The third-order valence-corrected chi connectivity index (χ3v) is 1.91. The van der Waals surface area contributed by atoms with Crippen molar-refractivity contribution in [2.45, 2.75) is 18.3 Å². The van der Waals surface area contributed by atoms with E-state index in [4.69, 9.17) is 5.26 Å². The third-order valence-electron chi connectivity index (χ3n) is 1.91. The van der Waals surface area contributed by atoms with Crippen molar-refractivity contribution < 1.29 is 0 Å². The van der Waals surface area contributed by atoms with Gasteiger partial charge in [-0.3, -0.25) is 0 Å². The van der Waals surface area contributed by atoms with Gasteiger partial charge in [-0.25, -0.2) is 9.97 Å². The minimum atomic E-state index is -0.363. The van der Waals surface area contributed by atoms with Crippen LogP contribution in [0.25, 0.3) is 0 Å². The molecule has 0 atom stereocenters. The van der Waals surface area contributed by atoms with Gasteiger partial charge in [0, 0.05) is 6.20 Å². The molecule has 1 aliphatic carbocycles. The van der Waals surface area contributed by atoms with Crippen LogP contribution >= 0.6 is 0 Å². The van der Waals surface area contributed by atoms with Gasteiger partial charge < -0.3 is 0 Å². The van der Waals surface area contributed by atoms with E-state index in [2.05, 4.69) is 22.2 Å². The Labute approximate surface area is 64.7 Å². The van der Waals surface area contributed by atoms with Crippen LogP contribution in [0, 0.1) is 17.5 Å². The van der Waals surface area contributed by atoms with Crippen LogP contribution in [0.4, 0.5) is 0 Å². The van der Waals surface area contributed by atoms with E-state index < -0.39 is 0 Å². The Kier molecular flexibility index (Phi) is 1.16. The second kappa shape index (κ2) is 2.03. The summed E-state index contributed by atoms with van der Waals surface area (Å²) in [6.07, 6.45) is 6.08. The molecule has 1 aromatic rings. The Morgan fingerprint density at radius 3 is 2.91 bits per heavy atom. The second-order valence-electron chi connectivity index (χ2n) is 2.70. The molecule has 1 heterocycles. The molecule has 0 spiro atoms. The normalized spacial score (nSPS) is 18.8. The summed E-state index contributed by atoms with van der Waals surface area (Å²) in [5.74, 6) is 0.627. The zero-order valence-electron chi connectivity index (χ0n) is 5.91. The highest BCUT2D eigenvalue weighted by Crippen LogP contribution is 2.45. The van der Waals surface area contributed by atoms with Crippen LogP contribution in [0.1, 0.15) is 18.7 Å². The number of nitrogens with zero attached hydrogens (tertiary/aromatic N) is 3. The fourth-order valence-corrected chi connectivity index (χ4v) is 1.01. The molecule has 1 saturated carbocycles. The molecule has 0 aromatic carbocycles. The Morgan fingerprint density at radius 2 is 2.45 bits per heavy atom. The lowest BCUT2D eigenvalue weighted by Crippen LogP contribution is -2.07. The van der Waals surface area contributed by atoms with E-state index in [1.807, 2.05) is 0 Å². The first-order valence-corrected chi connectivity index (χ1v) is 3.48. The van der Waals surface area contributed by atoms with Crippen molar-refractivity contribution in [2.24, 2.45) is 0 Å². The molecule has 0 aliphatic heterocycles. The SMILES string of the molecule is N#CC1(c2n[c]ccn2)CC1. The summed E-state index contributed by atoms with van der Waals surface area (Å²) in [4.78, 5) is 7.94. The first-order chi connectivity index (χ1) is 5.37. The number of nitriles is 1. The molecule has 3 heteroatoms. The van der Waals surface area contributed by atoms with Crippen molar-refractivity contribution in [3.05, 3.63) is 24.3 Å².